The molecule has 0 spiro atoms. The molecule has 1 saturated heterocycles. The van der Waals surface area contributed by atoms with Crippen molar-refractivity contribution in [1.82, 2.24) is 0 Å². The van der Waals surface area contributed by atoms with Crippen molar-refractivity contribution in [3.63, 3.8) is 0 Å². The maximum Gasteiger partial charge on any atom is 0.169 e. The van der Waals surface area contributed by atoms with Crippen LogP contribution in [0, 0.1) is 5.41 Å². The van der Waals surface area contributed by atoms with Gasteiger partial charge in [0.1, 0.15) is 11.2 Å². The van der Waals surface area contributed by atoms with E-state index in [1.54, 1.807) is 30.0 Å². The average molecular weight is 334 g/mol. The Hall–Kier alpha value is -0.920. The van der Waals surface area contributed by atoms with Crippen molar-refractivity contribution < 1.29 is 8.42 Å². The Morgan fingerprint density at radius 3 is 2.80 bits per heavy atom. The fraction of sp³-hybridized carbons (Fsp3) is 0.417. The topological polar surface area (TPSA) is 87.2 Å². The van der Waals surface area contributed by atoms with Crippen LogP contribution in [0.5, 0.6) is 0 Å². The summed E-state index contributed by atoms with van der Waals surface area (Å²) in [5, 5.41) is 7.23. The molecule has 0 radical (unpaired) electrons. The third kappa shape index (κ3) is 3.21. The molecule has 5 nitrogen and oxygen atoms in total. The molecule has 1 fully saturated rings. The molecule has 0 amide bonds. The number of anilines is 1. The fourth-order valence-corrected chi connectivity index (χ4v) is 5.25. The second-order valence-corrected chi connectivity index (χ2v) is 8.39. The molecule has 1 unspecified atom stereocenters. The molecule has 1 heterocycles. The van der Waals surface area contributed by atoms with Gasteiger partial charge in [-0.1, -0.05) is 11.6 Å². The lowest BCUT2D eigenvalue weighted by Gasteiger charge is -2.36. The van der Waals surface area contributed by atoms with Crippen LogP contribution in [0.2, 0.25) is 5.02 Å². The molecule has 0 saturated carbocycles. The first-order chi connectivity index (χ1) is 9.30. The van der Waals surface area contributed by atoms with Crippen LogP contribution < -0.4 is 10.6 Å². The average Bonchev–Trinajstić information content (AvgIpc) is 2.37. The number of halogens is 1. The summed E-state index contributed by atoms with van der Waals surface area (Å²) in [7, 11) is -3.17. The van der Waals surface area contributed by atoms with Crippen molar-refractivity contribution in [1.29, 1.82) is 5.41 Å². The molecule has 2 rings (SSSR count). The van der Waals surface area contributed by atoms with E-state index in [1.807, 2.05) is 4.90 Å². The molecule has 1 atom stereocenters. The van der Waals surface area contributed by atoms with Crippen molar-refractivity contribution in [2.45, 2.75) is 5.37 Å². The van der Waals surface area contributed by atoms with Crippen molar-refractivity contribution in [3.05, 3.63) is 28.8 Å². The Labute approximate surface area is 127 Å². The normalized spacial score (nSPS) is 19.9. The zero-order valence-corrected chi connectivity index (χ0v) is 13.4. The first kappa shape index (κ1) is 15.5. The first-order valence-electron chi connectivity index (χ1n) is 5.98. The summed E-state index contributed by atoms with van der Waals surface area (Å²) < 4.78 is 23.8. The Morgan fingerprint density at radius 2 is 2.25 bits per heavy atom. The van der Waals surface area contributed by atoms with Gasteiger partial charge in [0.05, 0.1) is 5.02 Å². The summed E-state index contributed by atoms with van der Waals surface area (Å²) in [6.45, 7) is 0.651. The third-order valence-corrected chi connectivity index (χ3v) is 6.11. The number of rotatable bonds is 3. The summed E-state index contributed by atoms with van der Waals surface area (Å²) in [6, 6.07) is 5.09. The summed E-state index contributed by atoms with van der Waals surface area (Å²) in [4.78, 5) is 1.85. The highest BCUT2D eigenvalue weighted by Crippen LogP contribution is 2.30. The van der Waals surface area contributed by atoms with Gasteiger partial charge in [-0.05, 0) is 18.2 Å². The van der Waals surface area contributed by atoms with Crippen molar-refractivity contribution in [3.8, 4) is 0 Å². The van der Waals surface area contributed by atoms with Crippen molar-refractivity contribution >= 4 is 44.7 Å². The van der Waals surface area contributed by atoms with Crippen LogP contribution in [0.25, 0.3) is 0 Å². The fourth-order valence-electron chi connectivity index (χ4n) is 2.13. The Kier molecular flexibility index (Phi) is 4.51. The molecule has 20 heavy (non-hydrogen) atoms. The first-order valence-corrected chi connectivity index (χ1v) is 9.46. The maximum atomic E-state index is 11.9. The van der Waals surface area contributed by atoms with E-state index in [0.29, 0.717) is 22.9 Å². The zero-order chi connectivity index (χ0) is 14.9. The number of thioether (sulfide) groups is 1. The highest BCUT2D eigenvalue weighted by atomic mass is 35.5. The molecule has 0 aromatic heterocycles. The van der Waals surface area contributed by atoms with Gasteiger partial charge < -0.3 is 10.6 Å². The van der Waals surface area contributed by atoms with Gasteiger partial charge in [-0.2, -0.15) is 11.8 Å². The quantitative estimate of drug-likeness (QED) is 0.647. The highest BCUT2D eigenvalue weighted by molar-refractivity contribution is 8.01. The minimum atomic E-state index is -3.17. The van der Waals surface area contributed by atoms with E-state index in [0.717, 1.165) is 11.4 Å². The number of nitrogens with two attached hydrogens (primary N) is 1. The van der Waals surface area contributed by atoms with E-state index >= 15 is 0 Å². The van der Waals surface area contributed by atoms with E-state index < -0.39 is 15.2 Å². The number of amidine groups is 1. The van der Waals surface area contributed by atoms with Gasteiger partial charge in [0, 0.05) is 35.6 Å². The molecule has 1 aromatic rings. The molecule has 8 heteroatoms. The lowest BCUT2D eigenvalue weighted by Crippen LogP contribution is -2.47. The van der Waals surface area contributed by atoms with Gasteiger partial charge in [0.15, 0.2) is 9.84 Å². The zero-order valence-electron chi connectivity index (χ0n) is 11.0. The second-order valence-electron chi connectivity index (χ2n) is 4.63. The van der Waals surface area contributed by atoms with Crippen LogP contribution in [-0.4, -0.2) is 43.9 Å². The molecular formula is C12H16ClN3O2S2. The number of hydrogen-bond acceptors (Lipinski definition) is 5. The predicted molar refractivity (Wildman–Crippen MR) is 85.8 cm³/mol. The van der Waals surface area contributed by atoms with E-state index in [2.05, 4.69) is 0 Å². The molecule has 1 aliphatic rings. The summed E-state index contributed by atoms with van der Waals surface area (Å²) in [6.07, 6.45) is 1.25. The van der Waals surface area contributed by atoms with Gasteiger partial charge in [-0.25, -0.2) is 8.42 Å². The SMILES string of the molecule is CS(=O)(=O)C1CSCCN1c1ccc(C(=N)N)c(Cl)c1. The van der Waals surface area contributed by atoms with Gasteiger partial charge >= 0.3 is 0 Å². The van der Waals surface area contributed by atoms with E-state index in [4.69, 9.17) is 22.7 Å². The van der Waals surface area contributed by atoms with Crippen LogP contribution in [0.4, 0.5) is 5.69 Å². The standard InChI is InChI=1S/C12H16ClN3O2S2/c1-20(17,18)11-7-19-5-4-16(11)8-2-3-9(12(14)15)10(13)6-8/h2-3,6,11H,4-5,7H2,1H3,(H3,14,15). The number of nitrogens with one attached hydrogen (secondary N) is 1. The predicted octanol–water partition coefficient (Wildman–Crippen LogP) is 1.55. The number of nitrogen functional groups attached to an aromatic ring is 1. The summed E-state index contributed by atoms with van der Waals surface area (Å²) in [5.74, 6) is 1.32. The molecule has 0 bridgehead atoms. The molecule has 1 aliphatic heterocycles. The number of hydrogen-bond donors (Lipinski definition) is 2. The number of benzene rings is 1. The van der Waals surface area contributed by atoms with E-state index in [9.17, 15) is 8.42 Å². The molecule has 3 N–H and O–H groups in total. The Bertz CT molecular complexity index is 634. The van der Waals surface area contributed by atoms with Gasteiger partial charge in [-0.15, -0.1) is 0 Å². The van der Waals surface area contributed by atoms with Gasteiger partial charge in [-0.3, -0.25) is 5.41 Å². The maximum absolute atomic E-state index is 11.9. The third-order valence-electron chi connectivity index (χ3n) is 3.15. The number of sulfone groups is 1. The molecule has 0 aliphatic carbocycles. The van der Waals surface area contributed by atoms with Crippen LogP contribution in [0.3, 0.4) is 0 Å². The lowest BCUT2D eigenvalue weighted by molar-refractivity contribution is 0.584. The van der Waals surface area contributed by atoms with Crippen molar-refractivity contribution in [2.24, 2.45) is 5.73 Å². The van der Waals surface area contributed by atoms with Gasteiger partial charge in [0.2, 0.25) is 0 Å². The van der Waals surface area contributed by atoms with E-state index in [-0.39, 0.29) is 5.84 Å². The monoisotopic (exact) mass is 333 g/mol. The summed E-state index contributed by atoms with van der Waals surface area (Å²) >= 11 is 7.74. The molecule has 110 valence electrons. The smallest absolute Gasteiger partial charge is 0.169 e. The van der Waals surface area contributed by atoms with Crippen LogP contribution in [-0.2, 0) is 9.84 Å². The molecular weight excluding hydrogens is 318 g/mol. The van der Waals surface area contributed by atoms with Crippen LogP contribution in [0.1, 0.15) is 5.56 Å². The minimum Gasteiger partial charge on any atom is -0.384 e. The van der Waals surface area contributed by atoms with Crippen LogP contribution in [0.15, 0.2) is 18.2 Å². The van der Waals surface area contributed by atoms with Gasteiger partial charge in [0.25, 0.3) is 0 Å². The summed E-state index contributed by atoms with van der Waals surface area (Å²) in [5.41, 5.74) is 6.63. The van der Waals surface area contributed by atoms with Crippen LogP contribution >= 0.6 is 23.4 Å². The minimum absolute atomic E-state index is 0.101. The Balaban J connectivity index is 2.38. The molecule has 1 aromatic carbocycles. The Morgan fingerprint density at radius 1 is 1.55 bits per heavy atom. The van der Waals surface area contributed by atoms with E-state index in [1.165, 1.54) is 6.26 Å². The van der Waals surface area contributed by atoms with Crippen molar-refractivity contribution in [2.75, 3.05) is 29.2 Å². The second kappa shape index (κ2) is 5.83. The number of nitrogens with zero attached hydrogens (tertiary/aromatic N) is 1. The largest absolute Gasteiger partial charge is 0.384 e. The highest BCUT2D eigenvalue weighted by Gasteiger charge is 2.31. The lowest BCUT2D eigenvalue weighted by atomic mass is 10.1.